The number of amides is 1. The fourth-order valence-corrected chi connectivity index (χ4v) is 2.58. The van der Waals surface area contributed by atoms with Gasteiger partial charge < -0.3 is 0 Å². The van der Waals surface area contributed by atoms with E-state index in [2.05, 4.69) is 17.7 Å². The van der Waals surface area contributed by atoms with E-state index < -0.39 is 11.7 Å². The minimum absolute atomic E-state index is 0.0819. The number of carbonyl (C=O) groups is 1. The maximum atomic E-state index is 12.6. The van der Waals surface area contributed by atoms with Crippen LogP contribution in [-0.4, -0.2) is 11.6 Å². The van der Waals surface area contributed by atoms with Crippen molar-refractivity contribution in [2.45, 2.75) is 17.5 Å². The SMILES string of the molecule is O=C1CC(c2ccccc2S)=NN1c1ccc(C(F)(F)F)cc1. The Labute approximate surface area is 135 Å². The van der Waals surface area contributed by atoms with Crippen molar-refractivity contribution in [1.82, 2.24) is 0 Å². The zero-order chi connectivity index (χ0) is 16.6. The Kier molecular flexibility index (Phi) is 3.89. The van der Waals surface area contributed by atoms with Crippen molar-refractivity contribution in [1.29, 1.82) is 0 Å². The highest BCUT2D eigenvalue weighted by molar-refractivity contribution is 7.80. The average molecular weight is 336 g/mol. The molecule has 0 saturated heterocycles. The first-order valence-electron chi connectivity index (χ1n) is 6.72. The van der Waals surface area contributed by atoms with Crippen LogP contribution >= 0.6 is 12.6 Å². The summed E-state index contributed by atoms with van der Waals surface area (Å²) in [6.07, 6.45) is -4.33. The lowest BCUT2D eigenvalue weighted by atomic mass is 10.1. The van der Waals surface area contributed by atoms with E-state index in [0.717, 1.165) is 22.7 Å². The average Bonchev–Trinajstić information content (AvgIpc) is 2.89. The fourth-order valence-electron chi connectivity index (χ4n) is 2.29. The molecule has 118 valence electrons. The molecule has 0 aromatic heterocycles. The Bertz CT molecular complexity index is 785. The third-order valence-electron chi connectivity index (χ3n) is 3.43. The van der Waals surface area contributed by atoms with Crippen molar-refractivity contribution in [3.05, 3.63) is 59.7 Å². The van der Waals surface area contributed by atoms with Crippen molar-refractivity contribution in [3.63, 3.8) is 0 Å². The highest BCUT2D eigenvalue weighted by atomic mass is 32.1. The van der Waals surface area contributed by atoms with Gasteiger partial charge in [-0.2, -0.15) is 18.3 Å². The predicted octanol–water partition coefficient (Wildman–Crippen LogP) is 4.14. The van der Waals surface area contributed by atoms with Crippen LogP contribution in [0.5, 0.6) is 0 Å². The molecule has 1 heterocycles. The Morgan fingerprint density at radius 2 is 1.70 bits per heavy atom. The van der Waals surface area contributed by atoms with Gasteiger partial charge in [0, 0.05) is 10.5 Å². The first-order valence-corrected chi connectivity index (χ1v) is 7.17. The number of hydrazone groups is 1. The van der Waals surface area contributed by atoms with Gasteiger partial charge in [-0.15, -0.1) is 12.6 Å². The van der Waals surface area contributed by atoms with Crippen LogP contribution in [0.25, 0.3) is 0 Å². The third kappa shape index (κ3) is 3.10. The summed E-state index contributed by atoms with van der Waals surface area (Å²) >= 11 is 4.33. The first kappa shape index (κ1) is 15.6. The number of carbonyl (C=O) groups excluding carboxylic acids is 1. The molecule has 2 aromatic carbocycles. The smallest absolute Gasteiger partial charge is 0.272 e. The molecule has 1 aliphatic rings. The summed E-state index contributed by atoms with van der Waals surface area (Å²) in [5.41, 5.74) is 0.812. The Morgan fingerprint density at radius 1 is 1.04 bits per heavy atom. The maximum Gasteiger partial charge on any atom is 0.416 e. The van der Waals surface area contributed by atoms with Crippen LogP contribution in [0.3, 0.4) is 0 Å². The number of benzene rings is 2. The van der Waals surface area contributed by atoms with Gasteiger partial charge in [0.25, 0.3) is 5.91 Å². The van der Waals surface area contributed by atoms with Gasteiger partial charge >= 0.3 is 6.18 Å². The van der Waals surface area contributed by atoms with E-state index in [0.29, 0.717) is 16.3 Å². The molecule has 3 nitrogen and oxygen atoms in total. The third-order valence-corrected chi connectivity index (χ3v) is 3.82. The zero-order valence-electron chi connectivity index (χ0n) is 11.7. The normalized spacial score (nSPS) is 15.0. The molecule has 1 aliphatic heterocycles. The van der Waals surface area contributed by atoms with Crippen molar-refractivity contribution in [2.75, 3.05) is 5.01 Å². The Balaban J connectivity index is 1.92. The van der Waals surface area contributed by atoms with E-state index >= 15 is 0 Å². The van der Waals surface area contributed by atoms with Gasteiger partial charge in [-0.3, -0.25) is 4.79 Å². The molecule has 0 fully saturated rings. The molecule has 0 unspecified atom stereocenters. The summed E-state index contributed by atoms with van der Waals surface area (Å²) in [7, 11) is 0. The van der Waals surface area contributed by atoms with Crippen molar-refractivity contribution < 1.29 is 18.0 Å². The summed E-state index contributed by atoms with van der Waals surface area (Å²) in [6, 6.07) is 11.5. The maximum absolute atomic E-state index is 12.6. The van der Waals surface area contributed by atoms with Crippen LogP contribution in [0.1, 0.15) is 17.5 Å². The second-order valence-electron chi connectivity index (χ2n) is 4.99. The van der Waals surface area contributed by atoms with Crippen LogP contribution in [0.4, 0.5) is 18.9 Å². The lowest BCUT2D eigenvalue weighted by Crippen LogP contribution is -2.19. The van der Waals surface area contributed by atoms with Crippen LogP contribution < -0.4 is 5.01 Å². The molecule has 0 N–H and O–H groups in total. The van der Waals surface area contributed by atoms with Crippen LogP contribution in [-0.2, 0) is 11.0 Å². The van der Waals surface area contributed by atoms with Crippen molar-refractivity contribution in [2.24, 2.45) is 5.10 Å². The second-order valence-corrected chi connectivity index (χ2v) is 5.47. The molecule has 0 spiro atoms. The van der Waals surface area contributed by atoms with Gasteiger partial charge in [-0.05, 0) is 30.3 Å². The predicted molar refractivity (Wildman–Crippen MR) is 83.8 cm³/mol. The molecule has 2 aromatic rings. The van der Waals surface area contributed by atoms with Gasteiger partial charge in [-0.1, -0.05) is 18.2 Å². The van der Waals surface area contributed by atoms with E-state index in [-0.39, 0.29) is 12.3 Å². The summed E-state index contributed by atoms with van der Waals surface area (Å²) in [6.45, 7) is 0. The highest BCUT2D eigenvalue weighted by Crippen LogP contribution is 2.32. The van der Waals surface area contributed by atoms with Crippen LogP contribution in [0.15, 0.2) is 58.5 Å². The molecular weight excluding hydrogens is 325 g/mol. The molecule has 0 aliphatic carbocycles. The Morgan fingerprint density at radius 3 is 2.30 bits per heavy atom. The molecule has 0 saturated carbocycles. The number of thiol groups is 1. The molecule has 1 amide bonds. The zero-order valence-corrected chi connectivity index (χ0v) is 12.6. The minimum Gasteiger partial charge on any atom is -0.272 e. The standard InChI is InChI=1S/C16H11F3N2OS/c17-16(18,19)10-5-7-11(8-6-10)21-15(22)9-13(20-21)12-3-1-2-4-14(12)23/h1-8,23H,9H2. The van der Waals surface area contributed by atoms with Gasteiger partial charge in [0.15, 0.2) is 0 Å². The molecule has 0 atom stereocenters. The lowest BCUT2D eigenvalue weighted by Gasteiger charge is -2.13. The van der Waals surface area contributed by atoms with E-state index in [1.165, 1.54) is 12.1 Å². The summed E-state index contributed by atoms with van der Waals surface area (Å²) < 4.78 is 37.8. The quantitative estimate of drug-likeness (QED) is 0.822. The number of halogens is 3. The van der Waals surface area contributed by atoms with Gasteiger partial charge in [-0.25, -0.2) is 5.01 Å². The molecular formula is C16H11F3N2OS. The number of hydrogen-bond acceptors (Lipinski definition) is 3. The highest BCUT2D eigenvalue weighted by Gasteiger charge is 2.31. The molecule has 0 bridgehead atoms. The van der Waals surface area contributed by atoms with Gasteiger partial charge in [0.1, 0.15) is 0 Å². The summed E-state index contributed by atoms with van der Waals surface area (Å²) in [4.78, 5) is 12.8. The minimum atomic E-state index is -4.41. The number of alkyl halides is 3. The van der Waals surface area contributed by atoms with Gasteiger partial charge in [0.05, 0.1) is 23.4 Å². The van der Waals surface area contributed by atoms with Crippen molar-refractivity contribution in [3.8, 4) is 0 Å². The monoisotopic (exact) mass is 336 g/mol. The largest absolute Gasteiger partial charge is 0.416 e. The molecule has 7 heteroatoms. The second kappa shape index (κ2) is 5.73. The van der Waals surface area contributed by atoms with Crippen LogP contribution in [0.2, 0.25) is 0 Å². The topological polar surface area (TPSA) is 32.7 Å². The first-order chi connectivity index (χ1) is 10.9. The molecule has 3 rings (SSSR count). The summed E-state index contributed by atoms with van der Waals surface area (Å²) in [5.74, 6) is -0.295. The van der Waals surface area contributed by atoms with E-state index in [9.17, 15) is 18.0 Å². The molecule has 0 radical (unpaired) electrons. The Hall–Kier alpha value is -2.28. The lowest BCUT2D eigenvalue weighted by molar-refractivity contribution is -0.137. The number of rotatable bonds is 2. The van der Waals surface area contributed by atoms with E-state index in [4.69, 9.17) is 0 Å². The van der Waals surface area contributed by atoms with E-state index in [1.54, 1.807) is 12.1 Å². The molecule has 23 heavy (non-hydrogen) atoms. The summed E-state index contributed by atoms with van der Waals surface area (Å²) in [5, 5.41) is 5.35. The van der Waals surface area contributed by atoms with Crippen molar-refractivity contribution >= 4 is 29.9 Å². The fraction of sp³-hybridized carbons (Fsp3) is 0.125. The van der Waals surface area contributed by atoms with Crippen LogP contribution in [0, 0.1) is 0 Å². The van der Waals surface area contributed by atoms with Gasteiger partial charge in [0.2, 0.25) is 0 Å². The number of anilines is 1. The number of nitrogens with zero attached hydrogens (tertiary/aromatic N) is 2. The van der Waals surface area contributed by atoms with E-state index in [1.807, 2.05) is 12.1 Å². The number of hydrogen-bond donors (Lipinski definition) is 1.